The minimum atomic E-state index is -0.0790. The molecule has 2 amide bonds. The van der Waals surface area contributed by atoms with Crippen molar-refractivity contribution >= 4 is 46.5 Å². The Morgan fingerprint density at radius 1 is 0.903 bits per heavy atom. The molecule has 0 aliphatic carbocycles. The molecule has 1 aliphatic rings. The van der Waals surface area contributed by atoms with E-state index in [9.17, 15) is 4.79 Å². The smallest absolute Gasteiger partial charge is 0.317 e. The standard InChI is InChI=1S/C24H22Cl3N3O/c25-19-8-6-18(7-9-19)23-16-29(24(31)28-15-17-4-2-1-3-5-17)12-13-30(23)22-11-10-20(26)14-21(22)27/h1-11,14,23H,12-13,15-16H2,(H,28,31). The van der Waals surface area contributed by atoms with Crippen LogP contribution in [0.4, 0.5) is 10.5 Å². The SMILES string of the molecule is O=C(NCc1ccccc1)N1CCN(c2ccc(Cl)cc2Cl)C(c2ccc(Cl)cc2)C1. The molecular formula is C24H22Cl3N3O. The molecule has 1 N–H and O–H groups in total. The van der Waals surface area contributed by atoms with Crippen molar-refractivity contribution in [3.8, 4) is 0 Å². The van der Waals surface area contributed by atoms with Gasteiger partial charge in [0.2, 0.25) is 0 Å². The highest BCUT2D eigenvalue weighted by atomic mass is 35.5. The summed E-state index contributed by atoms with van der Waals surface area (Å²) in [4.78, 5) is 17.0. The van der Waals surface area contributed by atoms with Crippen LogP contribution in [-0.2, 0) is 6.54 Å². The van der Waals surface area contributed by atoms with Crippen LogP contribution in [0.15, 0.2) is 72.8 Å². The molecule has 0 radical (unpaired) electrons. The van der Waals surface area contributed by atoms with E-state index in [2.05, 4.69) is 10.2 Å². The Balaban J connectivity index is 1.55. The molecular weight excluding hydrogens is 453 g/mol. The molecule has 1 heterocycles. The molecule has 4 nitrogen and oxygen atoms in total. The number of benzene rings is 3. The fourth-order valence-corrected chi connectivity index (χ4v) is 4.47. The summed E-state index contributed by atoms with van der Waals surface area (Å²) in [6.07, 6.45) is 0. The number of carbonyl (C=O) groups is 1. The first-order chi connectivity index (χ1) is 15.0. The predicted molar refractivity (Wildman–Crippen MR) is 128 cm³/mol. The van der Waals surface area contributed by atoms with Gasteiger partial charge in [0, 0.05) is 36.2 Å². The molecule has 1 unspecified atom stereocenters. The topological polar surface area (TPSA) is 35.6 Å². The Kier molecular flexibility index (Phi) is 6.91. The summed E-state index contributed by atoms with van der Waals surface area (Å²) < 4.78 is 0. The lowest BCUT2D eigenvalue weighted by Gasteiger charge is -2.43. The number of nitrogens with zero attached hydrogens (tertiary/aromatic N) is 2. The van der Waals surface area contributed by atoms with Crippen LogP contribution in [0.2, 0.25) is 15.1 Å². The summed E-state index contributed by atoms with van der Waals surface area (Å²) in [6, 6.07) is 23.0. The number of piperazine rings is 1. The maximum absolute atomic E-state index is 12.9. The van der Waals surface area contributed by atoms with Crippen molar-refractivity contribution < 1.29 is 4.79 Å². The maximum atomic E-state index is 12.9. The number of nitrogens with one attached hydrogen (secondary N) is 1. The molecule has 4 rings (SSSR count). The summed E-state index contributed by atoms with van der Waals surface area (Å²) >= 11 is 18.7. The van der Waals surface area contributed by atoms with Gasteiger partial charge in [-0.05, 0) is 41.5 Å². The van der Waals surface area contributed by atoms with Crippen LogP contribution < -0.4 is 10.2 Å². The normalized spacial score (nSPS) is 16.3. The molecule has 7 heteroatoms. The zero-order chi connectivity index (χ0) is 21.8. The number of amides is 2. The predicted octanol–water partition coefficient (Wildman–Crippen LogP) is 6.42. The maximum Gasteiger partial charge on any atom is 0.317 e. The third-order valence-electron chi connectivity index (χ3n) is 5.43. The quantitative estimate of drug-likeness (QED) is 0.473. The van der Waals surface area contributed by atoms with Crippen molar-refractivity contribution in [2.45, 2.75) is 12.6 Å². The van der Waals surface area contributed by atoms with Crippen LogP contribution in [0, 0.1) is 0 Å². The monoisotopic (exact) mass is 473 g/mol. The molecule has 1 fully saturated rings. The van der Waals surface area contributed by atoms with E-state index in [0.717, 1.165) is 16.8 Å². The highest BCUT2D eigenvalue weighted by Gasteiger charge is 2.31. The Morgan fingerprint density at radius 3 is 2.32 bits per heavy atom. The number of rotatable bonds is 4. The van der Waals surface area contributed by atoms with Gasteiger partial charge in [0.05, 0.1) is 16.8 Å². The van der Waals surface area contributed by atoms with Gasteiger partial charge in [-0.25, -0.2) is 4.79 Å². The Labute approximate surface area is 197 Å². The average Bonchev–Trinajstić information content (AvgIpc) is 2.78. The van der Waals surface area contributed by atoms with Crippen LogP contribution in [-0.4, -0.2) is 30.6 Å². The fraction of sp³-hybridized carbons (Fsp3) is 0.208. The summed E-state index contributed by atoms with van der Waals surface area (Å²) in [5, 5.41) is 4.89. The second-order valence-electron chi connectivity index (χ2n) is 7.45. The van der Waals surface area contributed by atoms with Gasteiger partial charge in [-0.15, -0.1) is 0 Å². The van der Waals surface area contributed by atoms with E-state index in [1.54, 1.807) is 6.07 Å². The van der Waals surface area contributed by atoms with E-state index in [1.807, 2.05) is 71.6 Å². The van der Waals surface area contributed by atoms with Gasteiger partial charge in [0.1, 0.15) is 0 Å². The number of urea groups is 1. The number of anilines is 1. The molecule has 3 aromatic carbocycles. The summed E-state index contributed by atoms with van der Waals surface area (Å²) in [5.74, 6) is 0. The Morgan fingerprint density at radius 2 is 1.61 bits per heavy atom. The van der Waals surface area contributed by atoms with Crippen molar-refractivity contribution in [1.29, 1.82) is 0 Å². The lowest BCUT2D eigenvalue weighted by atomic mass is 10.0. The van der Waals surface area contributed by atoms with E-state index in [0.29, 0.717) is 41.2 Å². The Hall–Kier alpha value is -2.40. The van der Waals surface area contributed by atoms with Crippen LogP contribution >= 0.6 is 34.8 Å². The molecule has 0 aromatic heterocycles. The van der Waals surface area contributed by atoms with E-state index in [-0.39, 0.29) is 12.1 Å². The van der Waals surface area contributed by atoms with Crippen LogP contribution in [0.3, 0.4) is 0 Å². The number of hydrogen-bond donors (Lipinski definition) is 1. The van der Waals surface area contributed by atoms with Crippen LogP contribution in [0.1, 0.15) is 17.2 Å². The Bertz CT molecular complexity index is 1040. The van der Waals surface area contributed by atoms with Crippen molar-refractivity contribution in [3.05, 3.63) is 99.0 Å². The molecule has 31 heavy (non-hydrogen) atoms. The molecule has 0 bridgehead atoms. The summed E-state index contributed by atoms with van der Waals surface area (Å²) in [7, 11) is 0. The van der Waals surface area contributed by atoms with Gasteiger partial charge in [0.15, 0.2) is 0 Å². The highest BCUT2D eigenvalue weighted by Crippen LogP contribution is 2.36. The number of halogens is 3. The minimum absolute atomic E-state index is 0.0628. The largest absolute Gasteiger partial charge is 0.360 e. The van der Waals surface area contributed by atoms with Gasteiger partial charge in [-0.3, -0.25) is 0 Å². The molecule has 0 saturated carbocycles. The van der Waals surface area contributed by atoms with Crippen molar-refractivity contribution in [2.75, 3.05) is 24.5 Å². The van der Waals surface area contributed by atoms with E-state index in [1.165, 1.54) is 0 Å². The number of hydrogen-bond acceptors (Lipinski definition) is 2. The lowest BCUT2D eigenvalue weighted by Crippen LogP contribution is -2.53. The molecule has 3 aromatic rings. The molecule has 160 valence electrons. The lowest BCUT2D eigenvalue weighted by molar-refractivity contribution is 0.184. The first kappa shape index (κ1) is 21.8. The van der Waals surface area contributed by atoms with Gasteiger partial charge in [0.25, 0.3) is 0 Å². The zero-order valence-corrected chi connectivity index (χ0v) is 19.0. The number of carbonyl (C=O) groups excluding carboxylic acids is 1. The van der Waals surface area contributed by atoms with Crippen molar-refractivity contribution in [2.24, 2.45) is 0 Å². The molecule has 1 atom stereocenters. The second-order valence-corrected chi connectivity index (χ2v) is 8.73. The van der Waals surface area contributed by atoms with Gasteiger partial charge in [-0.1, -0.05) is 77.3 Å². The summed E-state index contributed by atoms with van der Waals surface area (Å²) in [6.45, 7) is 2.26. The van der Waals surface area contributed by atoms with Gasteiger partial charge in [-0.2, -0.15) is 0 Å². The van der Waals surface area contributed by atoms with Crippen molar-refractivity contribution in [1.82, 2.24) is 10.2 Å². The van der Waals surface area contributed by atoms with Gasteiger partial charge >= 0.3 is 6.03 Å². The minimum Gasteiger partial charge on any atom is -0.360 e. The first-order valence-electron chi connectivity index (χ1n) is 10.0. The third kappa shape index (κ3) is 5.27. The van der Waals surface area contributed by atoms with E-state index >= 15 is 0 Å². The van der Waals surface area contributed by atoms with Crippen LogP contribution in [0.25, 0.3) is 0 Å². The van der Waals surface area contributed by atoms with E-state index < -0.39 is 0 Å². The average molecular weight is 475 g/mol. The fourth-order valence-electron chi connectivity index (χ4n) is 3.83. The zero-order valence-electron chi connectivity index (χ0n) is 16.8. The highest BCUT2D eigenvalue weighted by molar-refractivity contribution is 6.36. The van der Waals surface area contributed by atoms with Crippen LogP contribution in [0.5, 0.6) is 0 Å². The molecule has 0 spiro atoms. The summed E-state index contributed by atoms with van der Waals surface area (Å²) in [5.41, 5.74) is 3.03. The third-order valence-corrected chi connectivity index (χ3v) is 6.22. The van der Waals surface area contributed by atoms with Crippen molar-refractivity contribution in [3.63, 3.8) is 0 Å². The molecule has 1 aliphatic heterocycles. The first-order valence-corrected chi connectivity index (χ1v) is 11.2. The van der Waals surface area contributed by atoms with E-state index in [4.69, 9.17) is 34.8 Å². The van der Waals surface area contributed by atoms with Gasteiger partial charge < -0.3 is 15.1 Å². The second kappa shape index (κ2) is 9.82. The molecule has 1 saturated heterocycles.